The van der Waals surface area contributed by atoms with Crippen molar-refractivity contribution >= 4 is 12.4 Å². The molecule has 0 aromatic carbocycles. The van der Waals surface area contributed by atoms with E-state index in [1.807, 2.05) is 0 Å². The van der Waals surface area contributed by atoms with Gasteiger partial charge in [-0.3, -0.25) is 4.90 Å². The molecule has 0 aromatic heterocycles. The summed E-state index contributed by atoms with van der Waals surface area (Å²) in [6.45, 7) is 0. The highest BCUT2D eigenvalue weighted by molar-refractivity contribution is 5.74. The van der Waals surface area contributed by atoms with Crippen molar-refractivity contribution in [1.29, 1.82) is 0 Å². The summed E-state index contributed by atoms with van der Waals surface area (Å²) in [6.07, 6.45) is 1.48. The van der Waals surface area contributed by atoms with E-state index < -0.39 is 6.09 Å². The molecule has 1 heterocycles. The Kier molecular flexibility index (Phi) is 1.19. The first kappa shape index (κ1) is 6.64. The third-order valence-electron chi connectivity index (χ3n) is 2.52. The monoisotopic (exact) mass is 155 g/mol. The zero-order chi connectivity index (χ0) is 8.01. The Labute approximate surface area is 63.8 Å². The number of hydrogen-bond acceptors (Lipinski definition) is 2. The molecule has 0 spiro atoms. The maximum absolute atomic E-state index is 10.6. The fraction of sp³-hybridized carbons (Fsp3) is 0.714. The number of carbonyl (C=O) groups excluding carboxylic acids is 1. The van der Waals surface area contributed by atoms with Crippen molar-refractivity contribution in [1.82, 2.24) is 4.90 Å². The predicted octanol–water partition coefficient (Wildman–Crippen LogP) is 0.326. The molecule has 1 aliphatic carbocycles. The maximum atomic E-state index is 10.6. The maximum Gasteiger partial charge on any atom is 0.408 e. The summed E-state index contributed by atoms with van der Waals surface area (Å²) in [6, 6.07) is -0.209. The molecule has 1 amide bonds. The molecule has 60 valence electrons. The van der Waals surface area contributed by atoms with E-state index in [4.69, 9.17) is 5.11 Å². The van der Waals surface area contributed by atoms with Gasteiger partial charge in [0.05, 0.1) is 6.04 Å². The average Bonchev–Trinajstić information content (AvgIpc) is 2.61. The number of piperidine rings is 1. The first-order valence-electron chi connectivity index (χ1n) is 3.70. The molecule has 0 unspecified atom stereocenters. The standard InChI is InChI=1S/C7H9NO3/c9-3-5-1-4-2-6(4)8(5)7(10)11/h3-6H,1-2H2,(H,10,11)/t4-,5-,6+/m1/s1. The molecule has 4 heteroatoms. The summed E-state index contributed by atoms with van der Waals surface area (Å²) in [4.78, 5) is 22.2. The minimum atomic E-state index is -0.952. The van der Waals surface area contributed by atoms with Gasteiger partial charge in [0, 0.05) is 6.04 Å². The van der Waals surface area contributed by atoms with E-state index in [0.29, 0.717) is 5.92 Å². The van der Waals surface area contributed by atoms with Crippen molar-refractivity contribution in [3.8, 4) is 0 Å². The zero-order valence-corrected chi connectivity index (χ0v) is 5.93. The Morgan fingerprint density at radius 3 is 2.73 bits per heavy atom. The van der Waals surface area contributed by atoms with E-state index in [0.717, 1.165) is 19.1 Å². The quantitative estimate of drug-likeness (QED) is 0.555. The molecule has 4 nitrogen and oxygen atoms in total. The van der Waals surface area contributed by atoms with Gasteiger partial charge in [-0.1, -0.05) is 0 Å². The number of rotatable bonds is 1. The number of carboxylic acid groups (broad SMARTS) is 1. The number of amides is 1. The molecule has 11 heavy (non-hydrogen) atoms. The number of nitrogens with zero attached hydrogens (tertiary/aromatic N) is 1. The molecule has 0 aromatic rings. The zero-order valence-electron chi connectivity index (χ0n) is 5.93. The number of likely N-dealkylation sites (tertiary alicyclic amines) is 1. The van der Waals surface area contributed by atoms with Crippen molar-refractivity contribution in [3.05, 3.63) is 0 Å². The molecule has 0 radical (unpaired) electrons. The Hall–Kier alpha value is -1.06. The normalized spacial score (nSPS) is 40.0. The van der Waals surface area contributed by atoms with E-state index in [9.17, 15) is 9.59 Å². The Bertz CT molecular complexity index is 216. The van der Waals surface area contributed by atoms with Gasteiger partial charge in [0.15, 0.2) is 0 Å². The van der Waals surface area contributed by atoms with E-state index in [2.05, 4.69) is 0 Å². The van der Waals surface area contributed by atoms with Crippen LogP contribution in [-0.2, 0) is 4.79 Å². The predicted molar refractivity (Wildman–Crippen MR) is 36.2 cm³/mol. The summed E-state index contributed by atoms with van der Waals surface area (Å²) in [5.74, 6) is 0.473. The first-order valence-corrected chi connectivity index (χ1v) is 3.70. The smallest absolute Gasteiger partial charge is 0.408 e. The van der Waals surface area contributed by atoms with Crippen LogP contribution in [0.15, 0.2) is 0 Å². The largest absolute Gasteiger partial charge is 0.465 e. The molecular weight excluding hydrogens is 146 g/mol. The molecular formula is C7H9NO3. The Morgan fingerprint density at radius 2 is 2.27 bits per heavy atom. The van der Waals surface area contributed by atoms with Crippen molar-refractivity contribution in [2.45, 2.75) is 24.9 Å². The number of fused-ring (bicyclic) bond motifs is 1. The third kappa shape index (κ3) is 0.818. The third-order valence-corrected chi connectivity index (χ3v) is 2.52. The highest BCUT2D eigenvalue weighted by Crippen LogP contribution is 2.47. The Morgan fingerprint density at radius 1 is 1.55 bits per heavy atom. The molecule has 2 fully saturated rings. The van der Waals surface area contributed by atoms with Gasteiger partial charge in [0.25, 0.3) is 0 Å². The van der Waals surface area contributed by atoms with Gasteiger partial charge in [-0.05, 0) is 18.8 Å². The molecule has 3 atom stereocenters. The van der Waals surface area contributed by atoms with Crippen LogP contribution < -0.4 is 0 Å². The fourth-order valence-corrected chi connectivity index (χ4v) is 1.90. The molecule has 0 bridgehead atoms. The molecule has 1 saturated carbocycles. The molecule has 2 aliphatic rings. The summed E-state index contributed by atoms with van der Waals surface area (Å²) in [5.41, 5.74) is 0. The highest BCUT2D eigenvalue weighted by Gasteiger charge is 2.54. The second-order valence-corrected chi connectivity index (χ2v) is 3.19. The second-order valence-electron chi connectivity index (χ2n) is 3.19. The lowest BCUT2D eigenvalue weighted by Gasteiger charge is -2.18. The SMILES string of the molecule is O=C[C@H]1C[C@@H]2C[C@@H]2N1C(=O)O. The van der Waals surface area contributed by atoms with Gasteiger partial charge in [0.1, 0.15) is 6.29 Å². The molecule has 1 N–H and O–H groups in total. The van der Waals surface area contributed by atoms with E-state index in [1.165, 1.54) is 4.90 Å². The highest BCUT2D eigenvalue weighted by atomic mass is 16.4. The topological polar surface area (TPSA) is 57.6 Å². The van der Waals surface area contributed by atoms with Crippen molar-refractivity contribution in [2.24, 2.45) is 5.92 Å². The van der Waals surface area contributed by atoms with Gasteiger partial charge in [-0.25, -0.2) is 4.79 Å². The van der Waals surface area contributed by atoms with Gasteiger partial charge >= 0.3 is 6.09 Å². The number of hydrogen-bond donors (Lipinski definition) is 1. The first-order chi connectivity index (χ1) is 5.24. The average molecular weight is 155 g/mol. The van der Waals surface area contributed by atoms with Gasteiger partial charge in [-0.2, -0.15) is 0 Å². The molecule has 2 rings (SSSR count). The minimum Gasteiger partial charge on any atom is -0.465 e. The van der Waals surface area contributed by atoms with Crippen LogP contribution >= 0.6 is 0 Å². The van der Waals surface area contributed by atoms with Gasteiger partial charge < -0.3 is 9.90 Å². The number of carbonyl (C=O) groups is 2. The lowest BCUT2D eigenvalue weighted by Crippen LogP contribution is -2.38. The van der Waals surface area contributed by atoms with Crippen LogP contribution in [-0.4, -0.2) is 34.5 Å². The molecule has 1 aliphatic heterocycles. The van der Waals surface area contributed by atoms with Crippen LogP contribution in [0.3, 0.4) is 0 Å². The summed E-state index contributed by atoms with van der Waals surface area (Å²) < 4.78 is 0. The van der Waals surface area contributed by atoms with Crippen LogP contribution in [0.1, 0.15) is 12.8 Å². The van der Waals surface area contributed by atoms with Crippen LogP contribution in [0.4, 0.5) is 4.79 Å². The van der Waals surface area contributed by atoms with Crippen LogP contribution in [0.5, 0.6) is 0 Å². The summed E-state index contributed by atoms with van der Waals surface area (Å²) in [7, 11) is 0. The van der Waals surface area contributed by atoms with Crippen molar-refractivity contribution < 1.29 is 14.7 Å². The van der Waals surface area contributed by atoms with Crippen LogP contribution in [0, 0.1) is 5.92 Å². The summed E-state index contributed by atoms with van der Waals surface area (Å²) >= 11 is 0. The lowest BCUT2D eigenvalue weighted by molar-refractivity contribution is -0.111. The fourth-order valence-electron chi connectivity index (χ4n) is 1.90. The van der Waals surface area contributed by atoms with Crippen molar-refractivity contribution in [3.63, 3.8) is 0 Å². The Balaban J connectivity index is 2.14. The molecule has 1 saturated heterocycles. The minimum absolute atomic E-state index is 0.155. The van der Waals surface area contributed by atoms with Gasteiger partial charge in [-0.15, -0.1) is 0 Å². The summed E-state index contributed by atoms with van der Waals surface area (Å²) in [5, 5.41) is 8.68. The van der Waals surface area contributed by atoms with E-state index >= 15 is 0 Å². The van der Waals surface area contributed by atoms with Crippen LogP contribution in [0.2, 0.25) is 0 Å². The second kappa shape index (κ2) is 1.96. The van der Waals surface area contributed by atoms with E-state index in [1.54, 1.807) is 0 Å². The van der Waals surface area contributed by atoms with Crippen LogP contribution in [0.25, 0.3) is 0 Å². The lowest BCUT2D eigenvalue weighted by atomic mass is 10.2. The number of aldehydes is 1. The van der Waals surface area contributed by atoms with Gasteiger partial charge in [0.2, 0.25) is 0 Å². The van der Waals surface area contributed by atoms with Crippen molar-refractivity contribution in [2.75, 3.05) is 0 Å². The van der Waals surface area contributed by atoms with E-state index in [-0.39, 0.29) is 12.1 Å².